The summed E-state index contributed by atoms with van der Waals surface area (Å²) < 4.78 is 1.78. The Morgan fingerprint density at radius 3 is 2.69 bits per heavy atom. The number of nitrogens with zero attached hydrogens (tertiary/aromatic N) is 5. The predicted octanol–water partition coefficient (Wildman–Crippen LogP) is 0.0597. The fourth-order valence-corrected chi connectivity index (χ4v) is 4.84. The van der Waals surface area contributed by atoms with Crippen LogP contribution in [0.25, 0.3) is 0 Å². The quantitative estimate of drug-likeness (QED) is 0.648. The lowest BCUT2D eigenvalue weighted by molar-refractivity contribution is -0.136. The van der Waals surface area contributed by atoms with Crippen LogP contribution in [0.1, 0.15) is 53.0 Å². The molecule has 0 aromatic carbocycles. The standard InChI is InChI=1S/C22H26N6O4/c1-26-11-14(10-23-26)12-27-8-6-22(32,7-9-27)18-4-2-15-16(24-18)13-28(21(15)31)17-3-5-19(29)25-20(17)30/h2,4,10-11,17,32H,3,5-9,12-13H2,1H3,(H,25,29,30). The Hall–Kier alpha value is -3.11. The number of imide groups is 1. The summed E-state index contributed by atoms with van der Waals surface area (Å²) in [7, 11) is 1.89. The van der Waals surface area contributed by atoms with Gasteiger partial charge in [-0.15, -0.1) is 0 Å². The summed E-state index contributed by atoms with van der Waals surface area (Å²) in [4.78, 5) is 44.9. The first kappa shape index (κ1) is 20.8. The molecular weight excluding hydrogens is 412 g/mol. The van der Waals surface area contributed by atoms with Crippen LogP contribution >= 0.6 is 0 Å². The van der Waals surface area contributed by atoms with E-state index in [1.165, 1.54) is 4.90 Å². The van der Waals surface area contributed by atoms with Gasteiger partial charge in [0.1, 0.15) is 11.6 Å². The highest BCUT2D eigenvalue weighted by molar-refractivity contribution is 6.05. The normalized spacial score (nSPS) is 23.4. The first-order valence-corrected chi connectivity index (χ1v) is 10.9. The minimum absolute atomic E-state index is 0.206. The Morgan fingerprint density at radius 2 is 2.00 bits per heavy atom. The average molecular weight is 438 g/mol. The Labute approximate surface area is 185 Å². The molecule has 3 aliphatic rings. The van der Waals surface area contributed by atoms with E-state index in [0.717, 1.165) is 25.2 Å². The van der Waals surface area contributed by atoms with Crippen LogP contribution in [0.4, 0.5) is 0 Å². The number of nitrogens with one attached hydrogen (secondary N) is 1. The molecule has 0 radical (unpaired) electrons. The average Bonchev–Trinajstić information content (AvgIpc) is 3.32. The summed E-state index contributed by atoms with van der Waals surface area (Å²) in [5, 5.41) is 17.8. The fourth-order valence-electron chi connectivity index (χ4n) is 4.84. The van der Waals surface area contributed by atoms with Crippen LogP contribution in [-0.2, 0) is 35.3 Å². The Kier molecular flexibility index (Phi) is 5.06. The number of hydrogen-bond donors (Lipinski definition) is 2. The smallest absolute Gasteiger partial charge is 0.256 e. The van der Waals surface area contributed by atoms with E-state index < -0.39 is 17.6 Å². The molecule has 3 aliphatic heterocycles. The van der Waals surface area contributed by atoms with Gasteiger partial charge in [-0.2, -0.15) is 5.10 Å². The summed E-state index contributed by atoms with van der Waals surface area (Å²) in [5.74, 6) is -1.01. The summed E-state index contributed by atoms with van der Waals surface area (Å²) in [6.07, 6.45) is 5.47. The van der Waals surface area contributed by atoms with Crippen molar-refractivity contribution in [2.45, 2.75) is 50.4 Å². The number of carbonyl (C=O) groups excluding carboxylic acids is 3. The van der Waals surface area contributed by atoms with Crippen molar-refractivity contribution in [3.63, 3.8) is 0 Å². The minimum Gasteiger partial charge on any atom is -0.383 e. The van der Waals surface area contributed by atoms with Crippen molar-refractivity contribution in [3.05, 3.63) is 47.0 Å². The molecule has 5 heterocycles. The monoisotopic (exact) mass is 438 g/mol. The van der Waals surface area contributed by atoms with Crippen LogP contribution in [0, 0.1) is 0 Å². The number of amides is 3. The molecule has 2 aromatic rings. The molecule has 10 nitrogen and oxygen atoms in total. The van der Waals surface area contributed by atoms with Gasteiger partial charge in [-0.3, -0.25) is 34.3 Å². The molecule has 0 spiro atoms. The molecule has 2 fully saturated rings. The fraction of sp³-hybridized carbons (Fsp3) is 0.500. The van der Waals surface area contributed by atoms with Crippen LogP contribution in [0.5, 0.6) is 0 Å². The molecule has 168 valence electrons. The third-order valence-corrected chi connectivity index (χ3v) is 6.70. The van der Waals surface area contributed by atoms with E-state index in [4.69, 9.17) is 0 Å². The number of aromatic nitrogens is 3. The van der Waals surface area contributed by atoms with Crippen LogP contribution in [-0.4, -0.2) is 66.5 Å². The molecule has 0 aliphatic carbocycles. The molecule has 32 heavy (non-hydrogen) atoms. The number of likely N-dealkylation sites (tertiary alicyclic amines) is 1. The highest BCUT2D eigenvalue weighted by Gasteiger charge is 2.41. The maximum Gasteiger partial charge on any atom is 0.256 e. The molecule has 0 saturated carbocycles. The third kappa shape index (κ3) is 3.69. The zero-order valence-corrected chi connectivity index (χ0v) is 18.0. The van der Waals surface area contributed by atoms with Gasteiger partial charge >= 0.3 is 0 Å². The number of carbonyl (C=O) groups is 3. The molecule has 5 rings (SSSR count). The molecule has 10 heteroatoms. The van der Waals surface area contributed by atoms with Crippen molar-refractivity contribution in [1.29, 1.82) is 0 Å². The van der Waals surface area contributed by atoms with Crippen molar-refractivity contribution in [2.75, 3.05) is 13.1 Å². The highest BCUT2D eigenvalue weighted by atomic mass is 16.3. The minimum atomic E-state index is -1.05. The second-order valence-corrected chi connectivity index (χ2v) is 8.92. The van der Waals surface area contributed by atoms with E-state index in [-0.39, 0.29) is 24.8 Å². The van der Waals surface area contributed by atoms with Gasteiger partial charge in [-0.25, -0.2) is 0 Å². The van der Waals surface area contributed by atoms with Crippen molar-refractivity contribution < 1.29 is 19.5 Å². The van der Waals surface area contributed by atoms with Crippen molar-refractivity contribution in [1.82, 2.24) is 29.9 Å². The predicted molar refractivity (Wildman–Crippen MR) is 112 cm³/mol. The van der Waals surface area contributed by atoms with E-state index in [1.807, 2.05) is 19.4 Å². The Morgan fingerprint density at radius 1 is 1.22 bits per heavy atom. The van der Waals surface area contributed by atoms with Gasteiger partial charge in [0.2, 0.25) is 11.8 Å². The van der Waals surface area contributed by atoms with Gasteiger partial charge < -0.3 is 10.0 Å². The maximum absolute atomic E-state index is 12.9. The second kappa shape index (κ2) is 7.79. The Balaban J connectivity index is 1.28. The van der Waals surface area contributed by atoms with Crippen LogP contribution in [0.2, 0.25) is 0 Å². The molecular formula is C22H26N6O4. The highest BCUT2D eigenvalue weighted by Crippen LogP contribution is 2.34. The zero-order valence-electron chi connectivity index (χ0n) is 18.0. The number of aryl methyl sites for hydroxylation is 1. The topological polar surface area (TPSA) is 121 Å². The number of rotatable bonds is 4. The summed E-state index contributed by atoms with van der Waals surface area (Å²) in [6, 6.07) is 2.75. The molecule has 2 N–H and O–H groups in total. The zero-order chi connectivity index (χ0) is 22.5. The van der Waals surface area contributed by atoms with E-state index in [2.05, 4.69) is 20.3 Å². The Bertz CT molecular complexity index is 1090. The van der Waals surface area contributed by atoms with Crippen molar-refractivity contribution >= 4 is 17.7 Å². The lowest BCUT2D eigenvalue weighted by atomic mass is 9.87. The van der Waals surface area contributed by atoms with E-state index in [1.54, 1.807) is 16.8 Å². The lowest BCUT2D eigenvalue weighted by Crippen LogP contribution is -2.52. The first-order valence-electron chi connectivity index (χ1n) is 10.9. The van der Waals surface area contributed by atoms with Gasteiger partial charge in [0.05, 0.1) is 29.7 Å². The van der Waals surface area contributed by atoms with Crippen molar-refractivity contribution in [3.8, 4) is 0 Å². The third-order valence-electron chi connectivity index (χ3n) is 6.70. The largest absolute Gasteiger partial charge is 0.383 e. The molecule has 1 unspecified atom stereocenters. The number of hydrogen-bond acceptors (Lipinski definition) is 7. The van der Waals surface area contributed by atoms with Gasteiger partial charge in [0.25, 0.3) is 5.91 Å². The lowest BCUT2D eigenvalue weighted by Gasteiger charge is -2.37. The molecule has 2 aromatic heterocycles. The second-order valence-electron chi connectivity index (χ2n) is 8.92. The number of aliphatic hydroxyl groups is 1. The van der Waals surface area contributed by atoms with Gasteiger partial charge in [0.15, 0.2) is 0 Å². The summed E-state index contributed by atoms with van der Waals surface area (Å²) in [5.41, 5.74) is 1.68. The maximum atomic E-state index is 12.9. The van der Waals surface area contributed by atoms with Crippen LogP contribution < -0.4 is 5.32 Å². The van der Waals surface area contributed by atoms with Gasteiger partial charge in [-0.1, -0.05) is 0 Å². The number of fused-ring (bicyclic) bond motifs is 1. The summed E-state index contributed by atoms with van der Waals surface area (Å²) in [6.45, 7) is 2.45. The van der Waals surface area contributed by atoms with Crippen molar-refractivity contribution in [2.24, 2.45) is 7.05 Å². The molecule has 0 bridgehead atoms. The van der Waals surface area contributed by atoms with Gasteiger partial charge in [0, 0.05) is 44.9 Å². The summed E-state index contributed by atoms with van der Waals surface area (Å²) >= 11 is 0. The number of piperidine rings is 2. The van der Waals surface area contributed by atoms with E-state index in [0.29, 0.717) is 36.2 Å². The molecule has 2 saturated heterocycles. The SMILES string of the molecule is Cn1cc(CN2CCC(O)(c3ccc4c(n3)CN(C3CCC(=O)NC3=O)C4=O)CC2)cn1. The molecule has 3 amide bonds. The van der Waals surface area contributed by atoms with Gasteiger partial charge in [-0.05, 0) is 31.4 Å². The van der Waals surface area contributed by atoms with Crippen LogP contribution in [0.15, 0.2) is 24.5 Å². The molecule has 1 atom stereocenters. The van der Waals surface area contributed by atoms with Crippen LogP contribution in [0.3, 0.4) is 0 Å². The first-order chi connectivity index (χ1) is 15.3. The number of pyridine rings is 1. The van der Waals surface area contributed by atoms with E-state index >= 15 is 0 Å². The van der Waals surface area contributed by atoms with E-state index in [9.17, 15) is 19.5 Å².